The molecule has 0 amide bonds. The molecular formula is C12H10Br2ClNS. The van der Waals surface area contributed by atoms with Gasteiger partial charge in [0.05, 0.1) is 11.1 Å². The Morgan fingerprint density at radius 1 is 1.24 bits per heavy atom. The Balaban J connectivity index is 2.16. The summed E-state index contributed by atoms with van der Waals surface area (Å²) in [6.07, 6.45) is 0. The van der Waals surface area contributed by atoms with E-state index in [0.29, 0.717) is 0 Å². The van der Waals surface area contributed by atoms with Gasteiger partial charge in [-0.2, -0.15) is 0 Å². The average Bonchev–Trinajstić information content (AvgIpc) is 2.70. The van der Waals surface area contributed by atoms with E-state index in [-0.39, 0.29) is 6.04 Å². The first-order chi connectivity index (χ1) is 8.08. The van der Waals surface area contributed by atoms with Crippen molar-refractivity contribution >= 4 is 60.5 Å². The Morgan fingerprint density at radius 3 is 2.59 bits per heavy atom. The maximum absolute atomic E-state index is 5.96. The van der Waals surface area contributed by atoms with E-state index < -0.39 is 0 Å². The van der Waals surface area contributed by atoms with Crippen LogP contribution < -0.4 is 5.32 Å². The maximum Gasteiger partial charge on any atom is 0.0589 e. The molecule has 0 aliphatic carbocycles. The molecule has 0 saturated carbocycles. The summed E-state index contributed by atoms with van der Waals surface area (Å²) in [5, 5.41) is 6.25. The van der Waals surface area contributed by atoms with Crippen molar-refractivity contribution in [2.24, 2.45) is 0 Å². The molecule has 0 bridgehead atoms. The highest BCUT2D eigenvalue weighted by Crippen LogP contribution is 2.32. The van der Waals surface area contributed by atoms with Crippen molar-refractivity contribution in [3.05, 3.63) is 48.5 Å². The summed E-state index contributed by atoms with van der Waals surface area (Å²) >= 11 is 14.7. The monoisotopic (exact) mass is 393 g/mol. The number of halogens is 3. The molecule has 1 heterocycles. The molecule has 90 valence electrons. The topological polar surface area (TPSA) is 12.0 Å². The van der Waals surface area contributed by atoms with E-state index in [9.17, 15) is 0 Å². The van der Waals surface area contributed by atoms with Gasteiger partial charge in [-0.05, 0) is 68.4 Å². The fourth-order valence-corrected chi connectivity index (χ4v) is 3.74. The molecule has 1 N–H and O–H groups in total. The van der Waals surface area contributed by atoms with Crippen LogP contribution in [0.1, 0.15) is 17.8 Å². The van der Waals surface area contributed by atoms with Crippen LogP contribution in [-0.2, 0) is 0 Å². The van der Waals surface area contributed by atoms with E-state index in [1.165, 1.54) is 4.88 Å². The van der Waals surface area contributed by atoms with Gasteiger partial charge in [-0.15, -0.1) is 11.3 Å². The summed E-state index contributed by atoms with van der Waals surface area (Å²) in [7, 11) is 0. The number of hydrogen-bond acceptors (Lipinski definition) is 2. The molecule has 0 aliphatic rings. The number of rotatable bonds is 3. The molecule has 0 fully saturated rings. The lowest BCUT2D eigenvalue weighted by molar-refractivity contribution is 0.903. The van der Waals surface area contributed by atoms with Crippen LogP contribution in [0.4, 0.5) is 5.69 Å². The van der Waals surface area contributed by atoms with Crippen LogP contribution in [0.2, 0.25) is 5.02 Å². The van der Waals surface area contributed by atoms with Crippen molar-refractivity contribution in [3.8, 4) is 0 Å². The van der Waals surface area contributed by atoms with Gasteiger partial charge >= 0.3 is 0 Å². The summed E-state index contributed by atoms with van der Waals surface area (Å²) in [5.41, 5.74) is 1.05. The minimum absolute atomic E-state index is 0.262. The third kappa shape index (κ3) is 3.25. The van der Waals surface area contributed by atoms with Crippen LogP contribution in [0.25, 0.3) is 0 Å². The zero-order chi connectivity index (χ0) is 12.4. The van der Waals surface area contributed by atoms with Crippen molar-refractivity contribution in [2.45, 2.75) is 13.0 Å². The molecule has 5 heteroatoms. The van der Waals surface area contributed by atoms with Crippen molar-refractivity contribution in [1.82, 2.24) is 0 Å². The highest BCUT2D eigenvalue weighted by Gasteiger charge is 2.11. The molecule has 0 radical (unpaired) electrons. The molecule has 1 unspecified atom stereocenters. The Bertz CT molecular complexity index is 527. The van der Waals surface area contributed by atoms with E-state index in [4.69, 9.17) is 11.6 Å². The minimum atomic E-state index is 0.262. The second-order valence-electron chi connectivity index (χ2n) is 3.63. The summed E-state index contributed by atoms with van der Waals surface area (Å²) in [5.74, 6) is 0. The first-order valence-electron chi connectivity index (χ1n) is 5.02. The maximum atomic E-state index is 5.96. The van der Waals surface area contributed by atoms with Gasteiger partial charge in [-0.25, -0.2) is 0 Å². The summed E-state index contributed by atoms with van der Waals surface area (Å²) in [6, 6.07) is 8.17. The molecule has 0 aliphatic heterocycles. The van der Waals surface area contributed by atoms with E-state index in [2.05, 4.69) is 55.5 Å². The summed E-state index contributed by atoms with van der Waals surface area (Å²) in [4.78, 5) is 1.29. The fraction of sp³-hybridized carbons (Fsp3) is 0.167. The lowest BCUT2D eigenvalue weighted by Gasteiger charge is -2.15. The Morgan fingerprint density at radius 2 is 2.00 bits per heavy atom. The average molecular weight is 396 g/mol. The van der Waals surface area contributed by atoms with Gasteiger partial charge in [0.2, 0.25) is 0 Å². The lowest BCUT2D eigenvalue weighted by atomic mass is 10.2. The predicted octanol–water partition coefficient (Wildman–Crippen LogP) is 6.10. The van der Waals surface area contributed by atoms with E-state index in [0.717, 1.165) is 19.7 Å². The van der Waals surface area contributed by atoms with E-state index >= 15 is 0 Å². The van der Waals surface area contributed by atoms with Crippen LogP contribution in [0.3, 0.4) is 0 Å². The normalized spacial score (nSPS) is 12.5. The van der Waals surface area contributed by atoms with Gasteiger partial charge in [-0.3, -0.25) is 0 Å². The van der Waals surface area contributed by atoms with E-state index in [1.807, 2.05) is 18.2 Å². The fourth-order valence-electron chi connectivity index (χ4n) is 1.52. The molecule has 1 aromatic carbocycles. The Hall–Kier alpha value is -0.0300. The van der Waals surface area contributed by atoms with Gasteiger partial charge in [0.25, 0.3) is 0 Å². The molecule has 17 heavy (non-hydrogen) atoms. The van der Waals surface area contributed by atoms with Gasteiger partial charge in [0.15, 0.2) is 0 Å². The highest BCUT2D eigenvalue weighted by molar-refractivity contribution is 9.10. The minimum Gasteiger partial charge on any atom is -0.378 e. The second kappa shape index (κ2) is 5.74. The van der Waals surface area contributed by atoms with Crippen molar-refractivity contribution in [1.29, 1.82) is 0 Å². The third-order valence-corrected chi connectivity index (χ3v) is 5.61. The first-order valence-corrected chi connectivity index (χ1v) is 7.87. The van der Waals surface area contributed by atoms with Crippen molar-refractivity contribution in [2.75, 3.05) is 5.32 Å². The Kier molecular flexibility index (Phi) is 4.53. The van der Waals surface area contributed by atoms with Crippen molar-refractivity contribution < 1.29 is 0 Å². The smallest absolute Gasteiger partial charge is 0.0589 e. The van der Waals surface area contributed by atoms with Crippen LogP contribution in [0, 0.1) is 0 Å². The van der Waals surface area contributed by atoms with Crippen molar-refractivity contribution in [3.63, 3.8) is 0 Å². The highest BCUT2D eigenvalue weighted by atomic mass is 79.9. The zero-order valence-corrected chi connectivity index (χ0v) is 13.8. The van der Waals surface area contributed by atoms with Crippen LogP contribution in [0.5, 0.6) is 0 Å². The largest absolute Gasteiger partial charge is 0.378 e. The van der Waals surface area contributed by atoms with Gasteiger partial charge in [-0.1, -0.05) is 11.6 Å². The van der Waals surface area contributed by atoms with Gasteiger partial charge in [0, 0.05) is 19.5 Å². The van der Waals surface area contributed by atoms with E-state index in [1.54, 1.807) is 11.3 Å². The predicted molar refractivity (Wildman–Crippen MR) is 83.2 cm³/mol. The SMILES string of the molecule is CC(Nc1ccc(Cl)c(Br)c1)c1sccc1Br. The number of hydrogen-bond donors (Lipinski definition) is 1. The summed E-state index contributed by atoms with van der Waals surface area (Å²) < 4.78 is 2.05. The molecule has 1 nitrogen and oxygen atoms in total. The summed E-state index contributed by atoms with van der Waals surface area (Å²) in [6.45, 7) is 2.14. The van der Waals surface area contributed by atoms with Crippen LogP contribution >= 0.6 is 54.8 Å². The molecule has 1 atom stereocenters. The molecular weight excluding hydrogens is 385 g/mol. The molecule has 1 aromatic heterocycles. The van der Waals surface area contributed by atoms with Gasteiger partial charge < -0.3 is 5.32 Å². The second-order valence-corrected chi connectivity index (χ2v) is 6.69. The first kappa shape index (κ1) is 13.4. The van der Waals surface area contributed by atoms with Crippen LogP contribution in [-0.4, -0.2) is 0 Å². The molecule has 2 rings (SSSR count). The Labute approximate surface area is 126 Å². The van der Waals surface area contributed by atoms with Gasteiger partial charge in [0.1, 0.15) is 0 Å². The van der Waals surface area contributed by atoms with Crippen LogP contribution in [0.15, 0.2) is 38.6 Å². The standard InChI is InChI=1S/C12H10Br2ClNS/c1-7(12-9(13)4-5-17-12)16-8-2-3-11(15)10(14)6-8/h2-7,16H,1H3. The number of benzene rings is 1. The number of nitrogens with one attached hydrogen (secondary N) is 1. The third-order valence-electron chi connectivity index (χ3n) is 2.34. The quantitative estimate of drug-likeness (QED) is 0.662. The lowest BCUT2D eigenvalue weighted by Crippen LogP contribution is -2.05. The zero-order valence-electron chi connectivity index (χ0n) is 9.01. The number of thiophene rings is 1. The molecule has 0 spiro atoms. The number of anilines is 1. The molecule has 0 saturated heterocycles. The molecule has 2 aromatic rings.